The smallest absolute Gasteiger partial charge is 0.407 e. The van der Waals surface area contributed by atoms with Gasteiger partial charge in [0.05, 0.1) is 13.1 Å². The number of esters is 1. The molecule has 1 saturated heterocycles. The zero-order valence-electron chi connectivity index (χ0n) is 35.3. The third-order valence-electron chi connectivity index (χ3n) is 12.8. The van der Waals surface area contributed by atoms with Gasteiger partial charge in [-0.1, -0.05) is 115 Å². The summed E-state index contributed by atoms with van der Waals surface area (Å²) in [6.07, 6.45) is 5.10. The Morgan fingerprint density at radius 3 is 1.50 bits per heavy atom. The Kier molecular flexibility index (Phi) is 13.5. The lowest BCUT2D eigenvalue weighted by Gasteiger charge is -2.20. The summed E-state index contributed by atoms with van der Waals surface area (Å²) < 4.78 is 16.3. The number of likely N-dealkylation sites (tertiary alicyclic amines) is 1. The molecule has 0 spiro atoms. The van der Waals surface area contributed by atoms with Gasteiger partial charge in [-0.2, -0.15) is 0 Å². The molecule has 1 heterocycles. The second-order valence-corrected chi connectivity index (χ2v) is 16.4. The number of fused-ring (bicyclic) bond motifs is 7. The van der Waals surface area contributed by atoms with Crippen molar-refractivity contribution in [1.82, 2.24) is 26.2 Å². The van der Waals surface area contributed by atoms with Crippen LogP contribution in [0.2, 0.25) is 0 Å². The normalized spacial score (nSPS) is 19.1. The Labute approximate surface area is 371 Å². The van der Waals surface area contributed by atoms with Crippen LogP contribution in [0.25, 0.3) is 22.3 Å². The van der Waals surface area contributed by atoms with Crippen molar-refractivity contribution in [3.05, 3.63) is 144 Å². The van der Waals surface area contributed by atoms with Crippen LogP contribution >= 0.6 is 0 Å². The van der Waals surface area contributed by atoms with Gasteiger partial charge < -0.3 is 40.4 Å². The van der Waals surface area contributed by atoms with Gasteiger partial charge >= 0.3 is 18.2 Å². The largest absolute Gasteiger partial charge is 0.460 e. The van der Waals surface area contributed by atoms with E-state index in [1.807, 2.05) is 97.1 Å². The molecule has 64 heavy (non-hydrogen) atoms. The third kappa shape index (κ3) is 9.70. The topological polar surface area (TPSA) is 181 Å². The third-order valence-corrected chi connectivity index (χ3v) is 12.8. The number of allylic oxidation sites excluding steroid dienone is 2. The van der Waals surface area contributed by atoms with Crippen LogP contribution in [0.5, 0.6) is 0 Å². The lowest BCUT2D eigenvalue weighted by molar-refractivity contribution is -0.141. The van der Waals surface area contributed by atoms with Gasteiger partial charge in [0.25, 0.3) is 0 Å². The van der Waals surface area contributed by atoms with Crippen LogP contribution < -0.4 is 21.3 Å². The summed E-state index contributed by atoms with van der Waals surface area (Å²) in [6.45, 7) is 3.98. The molecule has 8 rings (SSSR count). The number of hydrogen-bond donors (Lipinski definition) is 4. The Morgan fingerprint density at radius 2 is 1.00 bits per heavy atom. The number of hydrogen-bond acceptors (Lipinski definition) is 9. The number of nitrogens with one attached hydrogen (secondary N) is 4. The van der Waals surface area contributed by atoms with Crippen molar-refractivity contribution in [3.63, 3.8) is 0 Å². The SMILES string of the molecule is C=C[C@@H]1C[C@H](/C=C/COC(=O)CNC(=O)OCC2c3ccccc3-c3ccccc32)[C@@H]2CN(C(=O)CNC(=O)CNC(=O)CNC(=O)OCC3c4ccccc4-c4ccccc43)C[C@@H]21. The zero-order chi connectivity index (χ0) is 44.6. The number of amides is 5. The van der Waals surface area contributed by atoms with Gasteiger partial charge in [-0.3, -0.25) is 19.2 Å². The maximum absolute atomic E-state index is 13.2. The standard InChI is InChI=1S/C50H51N5O9/c1-2-31-22-32(12-11-21-62-48(59)26-54-50(61)64-30-44-39-19-9-5-15-35(39)36-16-6-10-20-40(36)44)42-28-55(27-41(31)42)47(58)25-52-45(56)23-51-46(57)24-53-49(60)63-29-43-37-17-7-3-13-33(37)34-14-4-8-18-38(34)43/h2-20,31-32,41-44H,1,21-30H2,(H,51,57)(H,52,56)(H,53,60)(H,54,61)/b12-11+/t31-,32+,41-,42+/m1/s1. The van der Waals surface area contributed by atoms with E-state index < -0.39 is 30.0 Å². The average molecular weight is 866 g/mol. The summed E-state index contributed by atoms with van der Waals surface area (Å²) >= 11 is 0. The number of carbonyl (C=O) groups excluding carboxylic acids is 6. The van der Waals surface area contributed by atoms with Crippen LogP contribution in [0.15, 0.2) is 122 Å². The molecule has 4 N–H and O–H groups in total. The van der Waals surface area contributed by atoms with E-state index in [4.69, 9.17) is 14.2 Å². The second kappa shape index (κ2) is 19.9. The fraction of sp³-hybridized carbons (Fsp3) is 0.320. The Balaban J connectivity index is 0.698. The molecule has 4 aromatic rings. The highest BCUT2D eigenvalue weighted by atomic mass is 16.6. The molecule has 2 fully saturated rings. The van der Waals surface area contributed by atoms with Crippen LogP contribution in [-0.2, 0) is 33.4 Å². The van der Waals surface area contributed by atoms with E-state index in [0.717, 1.165) is 50.9 Å². The van der Waals surface area contributed by atoms with E-state index in [0.29, 0.717) is 13.1 Å². The predicted molar refractivity (Wildman–Crippen MR) is 238 cm³/mol. The van der Waals surface area contributed by atoms with Crippen molar-refractivity contribution in [3.8, 4) is 22.3 Å². The highest BCUT2D eigenvalue weighted by molar-refractivity contribution is 5.89. The molecule has 3 aliphatic carbocycles. The molecule has 14 nitrogen and oxygen atoms in total. The van der Waals surface area contributed by atoms with E-state index in [-0.39, 0.29) is 87.4 Å². The van der Waals surface area contributed by atoms with Crippen molar-refractivity contribution < 1.29 is 43.0 Å². The second-order valence-electron chi connectivity index (χ2n) is 16.4. The van der Waals surface area contributed by atoms with Gasteiger partial charge in [0.15, 0.2) is 0 Å². The number of carbonyl (C=O) groups is 6. The van der Waals surface area contributed by atoms with Crippen LogP contribution in [0.1, 0.15) is 40.5 Å². The van der Waals surface area contributed by atoms with Gasteiger partial charge in [0, 0.05) is 24.9 Å². The van der Waals surface area contributed by atoms with Gasteiger partial charge in [0.1, 0.15) is 32.9 Å². The van der Waals surface area contributed by atoms with Crippen molar-refractivity contribution in [2.24, 2.45) is 23.7 Å². The van der Waals surface area contributed by atoms with E-state index in [2.05, 4.69) is 40.0 Å². The average Bonchev–Trinajstić information content (AvgIpc) is 4.07. The first-order chi connectivity index (χ1) is 31.2. The zero-order valence-corrected chi connectivity index (χ0v) is 35.3. The minimum absolute atomic E-state index is 0.0223. The van der Waals surface area contributed by atoms with Gasteiger partial charge in [-0.15, -0.1) is 6.58 Å². The minimum atomic E-state index is -0.750. The molecule has 0 aromatic heterocycles. The number of alkyl carbamates (subject to hydrolysis) is 2. The summed E-state index contributed by atoms with van der Waals surface area (Å²) in [5.74, 6) is -1.52. The molecule has 0 unspecified atom stereocenters. The van der Waals surface area contributed by atoms with Crippen LogP contribution in [0, 0.1) is 23.7 Å². The molecular formula is C50H51N5O9. The van der Waals surface area contributed by atoms with Crippen molar-refractivity contribution in [2.45, 2.75) is 18.3 Å². The summed E-state index contributed by atoms with van der Waals surface area (Å²) in [6, 6.07) is 32.1. The summed E-state index contributed by atoms with van der Waals surface area (Å²) in [5, 5.41) is 9.92. The number of rotatable bonds is 16. The maximum Gasteiger partial charge on any atom is 0.407 e. The van der Waals surface area contributed by atoms with E-state index in [9.17, 15) is 28.8 Å². The molecule has 5 amide bonds. The first kappa shape index (κ1) is 43.4. The van der Waals surface area contributed by atoms with Crippen molar-refractivity contribution >= 4 is 35.9 Å². The van der Waals surface area contributed by atoms with Gasteiger partial charge in [0.2, 0.25) is 17.7 Å². The Bertz CT molecular complexity index is 2380. The predicted octanol–water partition coefficient (Wildman–Crippen LogP) is 5.29. The number of benzene rings is 4. The summed E-state index contributed by atoms with van der Waals surface area (Å²) in [5.41, 5.74) is 8.80. The lowest BCUT2D eigenvalue weighted by Crippen LogP contribution is -2.45. The van der Waals surface area contributed by atoms with Crippen LogP contribution in [-0.4, -0.2) is 99.9 Å². The maximum atomic E-state index is 13.2. The molecule has 1 saturated carbocycles. The molecular weight excluding hydrogens is 815 g/mol. The lowest BCUT2D eigenvalue weighted by atomic mass is 9.90. The molecule has 4 aromatic carbocycles. The molecule has 1 aliphatic heterocycles. The first-order valence-corrected chi connectivity index (χ1v) is 21.6. The van der Waals surface area contributed by atoms with E-state index >= 15 is 0 Å². The van der Waals surface area contributed by atoms with Crippen LogP contribution in [0.3, 0.4) is 0 Å². The molecule has 4 atom stereocenters. The fourth-order valence-electron chi connectivity index (χ4n) is 9.73. The molecule has 0 radical (unpaired) electrons. The quantitative estimate of drug-likeness (QED) is 0.0661. The van der Waals surface area contributed by atoms with Crippen LogP contribution in [0.4, 0.5) is 9.59 Å². The minimum Gasteiger partial charge on any atom is -0.460 e. The van der Waals surface area contributed by atoms with Crippen molar-refractivity contribution in [2.75, 3.05) is 59.1 Å². The highest BCUT2D eigenvalue weighted by Crippen LogP contribution is 2.48. The van der Waals surface area contributed by atoms with Crippen molar-refractivity contribution in [1.29, 1.82) is 0 Å². The first-order valence-electron chi connectivity index (χ1n) is 21.6. The Morgan fingerprint density at radius 1 is 0.562 bits per heavy atom. The molecule has 0 bridgehead atoms. The number of ether oxygens (including phenoxy) is 3. The number of nitrogens with zero attached hydrogens (tertiary/aromatic N) is 1. The van der Waals surface area contributed by atoms with E-state index in [1.165, 1.54) is 0 Å². The monoisotopic (exact) mass is 865 g/mol. The molecule has 14 heteroatoms. The molecule has 330 valence electrons. The summed E-state index contributed by atoms with van der Waals surface area (Å²) in [4.78, 5) is 77.2. The highest BCUT2D eigenvalue weighted by Gasteiger charge is 2.47. The summed E-state index contributed by atoms with van der Waals surface area (Å²) in [7, 11) is 0. The van der Waals surface area contributed by atoms with Gasteiger partial charge in [-0.25, -0.2) is 9.59 Å². The Hall–Kier alpha value is -7.22. The molecule has 4 aliphatic rings. The van der Waals surface area contributed by atoms with E-state index in [1.54, 1.807) is 11.0 Å². The fourth-order valence-corrected chi connectivity index (χ4v) is 9.73. The van der Waals surface area contributed by atoms with Gasteiger partial charge in [-0.05, 0) is 74.6 Å².